The van der Waals surface area contributed by atoms with Crippen LogP contribution in [0.25, 0.3) is 11.4 Å². The number of hydrogen-bond donors (Lipinski definition) is 2. The largest absolute Gasteiger partial charge is 0.481 e. The smallest absolute Gasteiger partial charge is 0.409 e. The minimum absolute atomic E-state index is 0.0615. The van der Waals surface area contributed by atoms with E-state index < -0.39 is 17.9 Å². The van der Waals surface area contributed by atoms with Crippen LogP contribution in [-0.4, -0.2) is 101 Å². The fourth-order valence-electron chi connectivity index (χ4n) is 6.52. The summed E-state index contributed by atoms with van der Waals surface area (Å²) in [6.07, 6.45) is 1.64. The summed E-state index contributed by atoms with van der Waals surface area (Å²) < 4.78 is 5.34. The molecule has 2 N–H and O–H groups in total. The number of carboxylic acid groups (broad SMARTS) is 1. The SMILES string of the molecule is CCCCOC(=O)N1CCN(C(=O)[C@H](Cc2ccccc2)NC(=O)c2cc(N3C[C@@H]4[C@H](C3)[C@H]4C(=O)O)nc(-c3ccccc3)n2)CC1. The van der Waals surface area contributed by atoms with Gasteiger partial charge in [0, 0.05) is 57.3 Å². The van der Waals surface area contributed by atoms with Gasteiger partial charge in [-0.2, -0.15) is 0 Å². The number of ether oxygens (including phenoxy) is 1. The maximum atomic E-state index is 13.9. The first kappa shape index (κ1) is 32.0. The Morgan fingerprint density at radius 3 is 2.19 bits per heavy atom. The van der Waals surface area contributed by atoms with Crippen LogP contribution >= 0.6 is 0 Å². The lowest BCUT2D eigenvalue weighted by molar-refractivity contribution is -0.139. The Morgan fingerprint density at radius 2 is 1.55 bits per heavy atom. The molecule has 4 atom stereocenters. The summed E-state index contributed by atoms with van der Waals surface area (Å²) in [6, 6.07) is 19.6. The van der Waals surface area contributed by atoms with Crippen LogP contribution in [0.3, 0.4) is 0 Å². The third-order valence-electron chi connectivity index (χ3n) is 9.24. The highest BCUT2D eigenvalue weighted by Gasteiger charge is 2.60. The van der Waals surface area contributed by atoms with Crippen molar-refractivity contribution in [1.82, 2.24) is 25.1 Å². The Morgan fingerprint density at radius 1 is 0.915 bits per heavy atom. The van der Waals surface area contributed by atoms with Crippen LogP contribution in [0.5, 0.6) is 0 Å². The molecule has 3 aromatic rings. The van der Waals surface area contributed by atoms with Crippen molar-refractivity contribution < 1.29 is 29.0 Å². The number of anilines is 1. The van der Waals surface area contributed by atoms with Gasteiger partial charge in [-0.1, -0.05) is 74.0 Å². The molecule has 12 nitrogen and oxygen atoms in total. The van der Waals surface area contributed by atoms with E-state index in [1.807, 2.05) is 72.5 Å². The van der Waals surface area contributed by atoms with Crippen LogP contribution in [0.2, 0.25) is 0 Å². The maximum Gasteiger partial charge on any atom is 0.409 e. The summed E-state index contributed by atoms with van der Waals surface area (Å²) in [6.45, 7) is 4.83. The van der Waals surface area contributed by atoms with E-state index >= 15 is 0 Å². The lowest BCUT2D eigenvalue weighted by atomic mass is 10.0. The molecule has 3 fully saturated rings. The number of aliphatic carboxylic acids is 1. The van der Waals surface area contributed by atoms with E-state index in [4.69, 9.17) is 9.72 Å². The van der Waals surface area contributed by atoms with Crippen LogP contribution < -0.4 is 10.2 Å². The van der Waals surface area contributed by atoms with E-state index in [1.165, 1.54) is 0 Å². The fourth-order valence-corrected chi connectivity index (χ4v) is 6.52. The Bertz CT molecular complexity index is 1580. The molecule has 12 heteroatoms. The van der Waals surface area contributed by atoms with E-state index in [0.717, 1.165) is 24.0 Å². The number of aromatic nitrogens is 2. The molecule has 246 valence electrons. The van der Waals surface area contributed by atoms with E-state index in [0.29, 0.717) is 57.5 Å². The van der Waals surface area contributed by atoms with Crippen molar-refractivity contribution in [3.05, 3.63) is 78.0 Å². The number of rotatable bonds is 11. The molecule has 1 aromatic heterocycles. The molecular weight excluding hydrogens is 600 g/mol. The Kier molecular flexibility index (Phi) is 9.65. The first-order valence-electron chi connectivity index (χ1n) is 16.3. The molecule has 3 aliphatic rings. The molecule has 1 aliphatic carbocycles. The molecule has 47 heavy (non-hydrogen) atoms. The number of nitrogens with zero attached hydrogens (tertiary/aromatic N) is 5. The van der Waals surface area contributed by atoms with Gasteiger partial charge in [-0.25, -0.2) is 14.8 Å². The highest BCUT2D eigenvalue weighted by molar-refractivity contribution is 5.97. The summed E-state index contributed by atoms with van der Waals surface area (Å²) in [7, 11) is 0. The van der Waals surface area contributed by atoms with Crippen LogP contribution in [-0.2, 0) is 20.7 Å². The first-order chi connectivity index (χ1) is 22.8. The second kappa shape index (κ2) is 14.2. The van der Waals surface area contributed by atoms with Gasteiger partial charge in [0.15, 0.2) is 5.82 Å². The van der Waals surface area contributed by atoms with Gasteiger partial charge in [-0.15, -0.1) is 0 Å². The molecule has 0 spiro atoms. The number of carbonyl (C=O) groups is 4. The average molecular weight is 641 g/mol. The number of carboxylic acids is 1. The van der Waals surface area contributed by atoms with Crippen LogP contribution in [0.15, 0.2) is 66.7 Å². The number of carbonyl (C=O) groups excluding carboxylic acids is 3. The van der Waals surface area contributed by atoms with E-state index in [-0.39, 0.29) is 41.9 Å². The Hall–Kier alpha value is -5.00. The minimum atomic E-state index is -0.873. The summed E-state index contributed by atoms with van der Waals surface area (Å²) >= 11 is 0. The second-order valence-electron chi connectivity index (χ2n) is 12.4. The van der Waals surface area contributed by atoms with Gasteiger partial charge in [0.05, 0.1) is 12.5 Å². The maximum absolute atomic E-state index is 13.9. The molecule has 1 saturated carbocycles. The number of piperidine rings is 1. The van der Waals surface area contributed by atoms with E-state index in [9.17, 15) is 24.3 Å². The average Bonchev–Trinajstić information content (AvgIpc) is 3.62. The highest BCUT2D eigenvalue weighted by Crippen LogP contribution is 2.52. The first-order valence-corrected chi connectivity index (χ1v) is 16.3. The topological polar surface area (TPSA) is 145 Å². The summed E-state index contributed by atoms with van der Waals surface area (Å²) in [4.78, 5) is 66.5. The van der Waals surface area contributed by atoms with Crippen molar-refractivity contribution in [3.63, 3.8) is 0 Å². The number of amides is 3. The van der Waals surface area contributed by atoms with Crippen molar-refractivity contribution in [3.8, 4) is 11.4 Å². The zero-order valence-electron chi connectivity index (χ0n) is 26.5. The Balaban J connectivity index is 1.20. The number of unbranched alkanes of at least 4 members (excludes halogenated alkanes) is 1. The molecule has 0 radical (unpaired) electrons. The highest BCUT2D eigenvalue weighted by atomic mass is 16.6. The predicted octanol–water partition coefficient (Wildman–Crippen LogP) is 3.33. The molecule has 2 aromatic carbocycles. The zero-order valence-corrected chi connectivity index (χ0v) is 26.5. The number of nitrogens with one attached hydrogen (secondary N) is 1. The molecule has 6 rings (SSSR count). The predicted molar refractivity (Wildman–Crippen MR) is 174 cm³/mol. The lowest BCUT2D eigenvalue weighted by Gasteiger charge is -2.36. The molecule has 2 aliphatic heterocycles. The van der Waals surface area contributed by atoms with Gasteiger partial charge in [-0.3, -0.25) is 14.4 Å². The van der Waals surface area contributed by atoms with Crippen molar-refractivity contribution >= 4 is 29.7 Å². The fraction of sp³-hybridized carbons (Fsp3) is 0.429. The van der Waals surface area contributed by atoms with E-state index in [2.05, 4.69) is 10.3 Å². The number of benzene rings is 2. The van der Waals surface area contributed by atoms with Gasteiger partial charge < -0.3 is 29.9 Å². The summed E-state index contributed by atoms with van der Waals surface area (Å²) in [5, 5.41) is 12.4. The van der Waals surface area contributed by atoms with Gasteiger partial charge in [0.2, 0.25) is 5.91 Å². The lowest BCUT2D eigenvalue weighted by Crippen LogP contribution is -2.56. The van der Waals surface area contributed by atoms with Gasteiger partial charge in [0.1, 0.15) is 17.6 Å². The van der Waals surface area contributed by atoms with Crippen LogP contribution in [0, 0.1) is 17.8 Å². The number of fused-ring (bicyclic) bond motifs is 1. The van der Waals surface area contributed by atoms with Crippen LogP contribution in [0.1, 0.15) is 35.8 Å². The Labute approximate surface area is 273 Å². The van der Waals surface area contributed by atoms with Crippen molar-refractivity contribution in [1.29, 1.82) is 0 Å². The van der Waals surface area contributed by atoms with Gasteiger partial charge in [-0.05, 0) is 23.8 Å². The molecule has 0 unspecified atom stereocenters. The molecule has 0 bridgehead atoms. The third-order valence-corrected chi connectivity index (χ3v) is 9.24. The normalized spacial score (nSPS) is 20.7. The molecule has 2 saturated heterocycles. The van der Waals surface area contributed by atoms with Gasteiger partial charge >= 0.3 is 12.1 Å². The zero-order chi connectivity index (χ0) is 32.9. The number of hydrogen-bond acceptors (Lipinski definition) is 8. The van der Waals surface area contributed by atoms with E-state index in [1.54, 1.807) is 15.9 Å². The standard InChI is InChI=1S/C35H40N6O6/c1-2-3-18-47-35(46)40-16-14-39(15-17-40)33(43)28(19-23-10-6-4-7-11-23)37-32(42)27-20-29(38-31(36-27)24-12-8-5-9-13-24)41-21-25-26(22-41)30(25)34(44)45/h4-13,20,25-26,28,30H,2-3,14-19,21-22H2,1H3,(H,37,42)(H,44,45)/t25-,26+,28-,30+/m0/s1. The summed E-state index contributed by atoms with van der Waals surface area (Å²) in [5.41, 5.74) is 1.75. The van der Waals surface area contributed by atoms with Gasteiger partial charge in [0.25, 0.3) is 5.91 Å². The molecular formula is C35H40N6O6. The molecule has 3 amide bonds. The number of piperazine rings is 1. The van der Waals surface area contributed by atoms with Crippen LogP contribution in [0.4, 0.5) is 10.6 Å². The second-order valence-corrected chi connectivity index (χ2v) is 12.4. The van der Waals surface area contributed by atoms with Crippen molar-refractivity contribution in [2.24, 2.45) is 17.8 Å². The van der Waals surface area contributed by atoms with Crippen molar-refractivity contribution in [2.45, 2.75) is 32.2 Å². The summed E-state index contributed by atoms with van der Waals surface area (Å²) in [5.74, 6) is -0.802. The molecule has 3 heterocycles. The minimum Gasteiger partial charge on any atom is -0.481 e. The monoisotopic (exact) mass is 640 g/mol. The van der Waals surface area contributed by atoms with Crippen molar-refractivity contribution in [2.75, 3.05) is 50.8 Å². The quantitative estimate of drug-likeness (QED) is 0.302. The third kappa shape index (κ3) is 7.37.